The van der Waals surface area contributed by atoms with Gasteiger partial charge in [0.25, 0.3) is 0 Å². The molecule has 2 N–H and O–H groups in total. The van der Waals surface area contributed by atoms with Crippen molar-refractivity contribution in [2.75, 3.05) is 13.2 Å². The molecule has 0 saturated carbocycles. The summed E-state index contributed by atoms with van der Waals surface area (Å²) in [5.41, 5.74) is 1.19. The van der Waals surface area contributed by atoms with Gasteiger partial charge in [-0.05, 0) is 29.9 Å². The molecule has 0 aromatic heterocycles. The molecule has 0 amide bonds. The summed E-state index contributed by atoms with van der Waals surface area (Å²) in [6, 6.07) is 17.8. The van der Waals surface area contributed by atoms with Gasteiger partial charge in [-0.2, -0.15) is 0 Å². The molecule has 5 heteroatoms. The van der Waals surface area contributed by atoms with Gasteiger partial charge < -0.3 is 20.1 Å². The van der Waals surface area contributed by atoms with E-state index in [-0.39, 0.29) is 6.10 Å². The lowest BCUT2D eigenvalue weighted by atomic mass is 10.2. The fourth-order valence-corrected chi connectivity index (χ4v) is 2.37. The minimum absolute atomic E-state index is 0.0497. The van der Waals surface area contributed by atoms with E-state index < -0.39 is 0 Å². The van der Waals surface area contributed by atoms with Gasteiger partial charge in [-0.25, -0.2) is 0 Å². The minimum Gasteiger partial charge on any atom is -0.486 e. The molecule has 1 heterocycles. The fraction of sp³-hybridized carbons (Fsp3) is 0.235. The summed E-state index contributed by atoms with van der Waals surface area (Å²) >= 11 is 5.28. The van der Waals surface area contributed by atoms with E-state index in [1.807, 2.05) is 42.5 Å². The second-order valence-corrected chi connectivity index (χ2v) is 5.46. The van der Waals surface area contributed by atoms with Crippen LogP contribution in [-0.2, 0) is 6.54 Å². The smallest absolute Gasteiger partial charge is 0.166 e. The summed E-state index contributed by atoms with van der Waals surface area (Å²) in [4.78, 5) is 0. The average Bonchev–Trinajstić information content (AvgIpc) is 2.59. The molecular weight excluding hydrogens is 296 g/mol. The van der Waals surface area contributed by atoms with Crippen molar-refractivity contribution in [1.82, 2.24) is 10.6 Å². The first-order chi connectivity index (χ1) is 10.8. The van der Waals surface area contributed by atoms with Crippen molar-refractivity contribution < 1.29 is 9.47 Å². The van der Waals surface area contributed by atoms with Crippen molar-refractivity contribution in [2.45, 2.75) is 12.6 Å². The Balaban J connectivity index is 1.42. The van der Waals surface area contributed by atoms with E-state index in [4.69, 9.17) is 21.7 Å². The van der Waals surface area contributed by atoms with E-state index in [9.17, 15) is 0 Å². The van der Waals surface area contributed by atoms with Crippen LogP contribution in [0.25, 0.3) is 0 Å². The number of thiocarbonyl (C=S) groups is 1. The van der Waals surface area contributed by atoms with Crippen LogP contribution >= 0.6 is 12.2 Å². The van der Waals surface area contributed by atoms with Crippen LogP contribution in [0, 0.1) is 0 Å². The van der Waals surface area contributed by atoms with Gasteiger partial charge >= 0.3 is 0 Å². The predicted octanol–water partition coefficient (Wildman–Crippen LogP) is 2.49. The van der Waals surface area contributed by atoms with Crippen LogP contribution in [0.4, 0.5) is 0 Å². The third-order valence-electron chi connectivity index (χ3n) is 3.35. The van der Waals surface area contributed by atoms with E-state index in [0.717, 1.165) is 11.5 Å². The Kier molecular flexibility index (Phi) is 4.75. The van der Waals surface area contributed by atoms with Crippen LogP contribution < -0.4 is 20.1 Å². The zero-order valence-electron chi connectivity index (χ0n) is 12.1. The van der Waals surface area contributed by atoms with E-state index in [1.54, 1.807) is 0 Å². The molecule has 0 unspecified atom stereocenters. The van der Waals surface area contributed by atoms with E-state index in [1.165, 1.54) is 5.56 Å². The van der Waals surface area contributed by atoms with Gasteiger partial charge in [-0.1, -0.05) is 42.5 Å². The van der Waals surface area contributed by atoms with Gasteiger partial charge in [-0.15, -0.1) is 0 Å². The fourth-order valence-electron chi connectivity index (χ4n) is 2.21. The maximum Gasteiger partial charge on any atom is 0.166 e. The molecular formula is C17H18N2O2S. The second kappa shape index (κ2) is 7.13. The van der Waals surface area contributed by atoms with Crippen molar-refractivity contribution >= 4 is 17.3 Å². The number of ether oxygens (including phenoxy) is 2. The lowest BCUT2D eigenvalue weighted by molar-refractivity contribution is 0.0937. The van der Waals surface area contributed by atoms with Crippen molar-refractivity contribution in [3.63, 3.8) is 0 Å². The number of nitrogens with one attached hydrogen (secondary N) is 2. The Morgan fingerprint density at radius 1 is 1.00 bits per heavy atom. The molecule has 2 aromatic rings. The van der Waals surface area contributed by atoms with Gasteiger partial charge in [0.15, 0.2) is 16.6 Å². The summed E-state index contributed by atoms with van der Waals surface area (Å²) in [6.07, 6.45) is -0.0497. The molecule has 22 heavy (non-hydrogen) atoms. The summed E-state index contributed by atoms with van der Waals surface area (Å²) in [5, 5.41) is 6.97. The first-order valence-electron chi connectivity index (χ1n) is 7.25. The first kappa shape index (κ1) is 14.7. The van der Waals surface area contributed by atoms with Gasteiger partial charge in [0.2, 0.25) is 0 Å². The molecule has 1 atom stereocenters. The predicted molar refractivity (Wildman–Crippen MR) is 90.2 cm³/mol. The molecule has 0 spiro atoms. The number of hydrogen-bond donors (Lipinski definition) is 2. The lowest BCUT2D eigenvalue weighted by Crippen LogP contribution is -2.44. The van der Waals surface area contributed by atoms with Crippen molar-refractivity contribution in [2.24, 2.45) is 0 Å². The van der Waals surface area contributed by atoms with Crippen LogP contribution in [0.5, 0.6) is 11.5 Å². The molecule has 0 radical (unpaired) electrons. The molecule has 0 saturated heterocycles. The van der Waals surface area contributed by atoms with E-state index in [0.29, 0.717) is 24.8 Å². The maximum atomic E-state index is 5.87. The normalized spacial score (nSPS) is 15.9. The van der Waals surface area contributed by atoms with Crippen molar-refractivity contribution in [3.05, 3.63) is 60.2 Å². The molecule has 3 rings (SSSR count). The second-order valence-electron chi connectivity index (χ2n) is 5.05. The quantitative estimate of drug-likeness (QED) is 0.849. The average molecular weight is 314 g/mol. The Morgan fingerprint density at radius 3 is 2.55 bits per heavy atom. The molecule has 0 bridgehead atoms. The third-order valence-corrected chi connectivity index (χ3v) is 3.64. The maximum absolute atomic E-state index is 5.87. The molecule has 0 fully saturated rings. The highest BCUT2D eigenvalue weighted by Crippen LogP contribution is 2.30. The Bertz CT molecular complexity index is 634. The van der Waals surface area contributed by atoms with Crippen LogP contribution in [0.15, 0.2) is 54.6 Å². The Labute approximate surface area is 135 Å². The summed E-state index contributed by atoms with van der Waals surface area (Å²) < 4.78 is 11.5. The SMILES string of the molecule is S=C(NCc1ccccc1)NC[C@@H]1COc2ccccc2O1. The number of para-hydroxylation sites is 2. The van der Waals surface area contributed by atoms with E-state index >= 15 is 0 Å². The zero-order chi connectivity index (χ0) is 15.2. The molecule has 1 aliphatic heterocycles. The van der Waals surface area contributed by atoms with Crippen LogP contribution in [0.2, 0.25) is 0 Å². The van der Waals surface area contributed by atoms with Crippen molar-refractivity contribution in [1.29, 1.82) is 0 Å². The van der Waals surface area contributed by atoms with Gasteiger partial charge in [0.1, 0.15) is 12.7 Å². The standard InChI is InChI=1S/C17H18N2O2S/c22-17(18-10-13-6-2-1-3-7-13)19-11-14-12-20-15-8-4-5-9-16(15)21-14/h1-9,14H,10-12H2,(H2,18,19,22)/t14-/m1/s1. The summed E-state index contributed by atoms with van der Waals surface area (Å²) in [6.45, 7) is 1.83. The molecule has 2 aromatic carbocycles. The van der Waals surface area contributed by atoms with Crippen LogP contribution in [0.1, 0.15) is 5.56 Å². The van der Waals surface area contributed by atoms with Gasteiger partial charge in [0.05, 0.1) is 6.54 Å². The summed E-state index contributed by atoms with van der Waals surface area (Å²) in [5.74, 6) is 1.58. The van der Waals surface area contributed by atoms with E-state index in [2.05, 4.69) is 22.8 Å². The number of benzene rings is 2. The first-order valence-corrected chi connectivity index (χ1v) is 7.66. The number of fused-ring (bicyclic) bond motifs is 1. The highest BCUT2D eigenvalue weighted by atomic mass is 32.1. The summed E-state index contributed by atoms with van der Waals surface area (Å²) in [7, 11) is 0. The highest BCUT2D eigenvalue weighted by molar-refractivity contribution is 7.80. The lowest BCUT2D eigenvalue weighted by Gasteiger charge is -2.27. The number of hydrogen-bond acceptors (Lipinski definition) is 3. The van der Waals surface area contributed by atoms with Crippen molar-refractivity contribution in [3.8, 4) is 11.5 Å². The minimum atomic E-state index is -0.0497. The molecule has 0 aliphatic carbocycles. The van der Waals surface area contributed by atoms with Gasteiger partial charge in [-0.3, -0.25) is 0 Å². The Hall–Kier alpha value is -2.27. The third kappa shape index (κ3) is 3.89. The monoisotopic (exact) mass is 314 g/mol. The largest absolute Gasteiger partial charge is 0.486 e. The zero-order valence-corrected chi connectivity index (χ0v) is 12.9. The van der Waals surface area contributed by atoms with Crippen LogP contribution in [0.3, 0.4) is 0 Å². The van der Waals surface area contributed by atoms with Gasteiger partial charge in [0, 0.05) is 6.54 Å². The topological polar surface area (TPSA) is 42.5 Å². The highest BCUT2D eigenvalue weighted by Gasteiger charge is 2.20. The molecule has 1 aliphatic rings. The van der Waals surface area contributed by atoms with Crippen LogP contribution in [-0.4, -0.2) is 24.4 Å². The molecule has 4 nitrogen and oxygen atoms in total. The molecule has 114 valence electrons. The number of rotatable bonds is 4. The Morgan fingerprint density at radius 2 is 1.73 bits per heavy atom.